The maximum absolute atomic E-state index is 12.1. The van der Waals surface area contributed by atoms with Crippen molar-refractivity contribution >= 4 is 17.5 Å². The molecule has 1 aromatic heterocycles. The predicted molar refractivity (Wildman–Crippen MR) is 245 cm³/mol. The number of nitrogens with one attached hydrogen (secondary N) is 4. The zero-order valence-electron chi connectivity index (χ0n) is 38.4. The number of methoxy groups -OCH3 is 3. The largest absolute Gasteiger partial charge is 0.453 e. The molecule has 5 heterocycles. The highest BCUT2D eigenvalue weighted by Gasteiger charge is 2.45. The number of alkyl carbamates (subject to hydrolysis) is 1. The number of H-pyrrole nitrogens is 1. The number of hydrogen-bond donors (Lipinski definition) is 6. The van der Waals surface area contributed by atoms with Crippen LogP contribution in [-0.2, 0) is 25.4 Å². The van der Waals surface area contributed by atoms with Crippen molar-refractivity contribution in [3.63, 3.8) is 0 Å². The number of carbonyl (C=O) groups is 1. The van der Waals surface area contributed by atoms with Gasteiger partial charge in [0, 0.05) is 57.3 Å². The fourth-order valence-corrected chi connectivity index (χ4v) is 11.7. The average molecular weight is 883 g/mol. The molecule has 6 N–H and O–H groups in total. The summed E-state index contributed by atoms with van der Waals surface area (Å²) in [5.74, 6) is 3.78. The number of aromatic nitrogens is 2. The van der Waals surface area contributed by atoms with E-state index in [1.54, 1.807) is 7.11 Å². The quantitative estimate of drug-likeness (QED) is 0.138. The molecule has 0 spiro atoms. The van der Waals surface area contributed by atoms with Gasteiger partial charge in [-0.3, -0.25) is 20.1 Å². The van der Waals surface area contributed by atoms with E-state index < -0.39 is 18.7 Å². The van der Waals surface area contributed by atoms with Crippen molar-refractivity contribution in [1.29, 1.82) is 0 Å². The fraction of sp³-hybridized carbons (Fsp3) is 0.653. The van der Waals surface area contributed by atoms with E-state index in [4.69, 9.17) is 28.9 Å². The lowest BCUT2D eigenvalue weighted by molar-refractivity contribution is -0.121. The Morgan fingerprint density at radius 1 is 1.05 bits per heavy atom. The van der Waals surface area contributed by atoms with Crippen molar-refractivity contribution in [1.82, 2.24) is 35.7 Å². The molecule has 13 atom stereocenters. The molecule has 9 rings (SSSR count). The van der Waals surface area contributed by atoms with Gasteiger partial charge in [-0.2, -0.15) is 0 Å². The summed E-state index contributed by atoms with van der Waals surface area (Å²) in [5.41, 5.74) is 6.85. The molecule has 3 saturated heterocycles. The minimum atomic E-state index is -1.23. The number of amidine groups is 1. The number of aliphatic imine (C=N–C) groups is 1. The summed E-state index contributed by atoms with van der Waals surface area (Å²) in [7, 11) is 4.58. The van der Waals surface area contributed by atoms with Gasteiger partial charge in [0.25, 0.3) is 0 Å². The summed E-state index contributed by atoms with van der Waals surface area (Å²) in [6.45, 7) is 10.9. The number of aliphatic hydroxyl groups excluding tert-OH is 2. The number of nitrogens with zero attached hydrogens (tertiary/aromatic N) is 4. The number of fused-ring (bicyclic) bond motifs is 6. The molecule has 4 aliphatic carbocycles. The molecule has 0 bridgehead atoms. The number of imidazole rings is 1. The topological polar surface area (TPSA) is 178 Å². The van der Waals surface area contributed by atoms with Crippen LogP contribution in [0.25, 0.3) is 5.57 Å². The highest BCUT2D eigenvalue weighted by Crippen LogP contribution is 2.47. The van der Waals surface area contributed by atoms with E-state index in [-0.39, 0.29) is 60.0 Å². The molecule has 15 nitrogen and oxygen atoms in total. The molecule has 1 aromatic rings. The first-order valence-electron chi connectivity index (χ1n) is 23.7. The van der Waals surface area contributed by atoms with E-state index in [0.29, 0.717) is 38.1 Å². The summed E-state index contributed by atoms with van der Waals surface area (Å²) in [6, 6.07) is -0.436. The third-order valence-corrected chi connectivity index (χ3v) is 15.0. The second kappa shape index (κ2) is 19.5. The molecule has 8 aliphatic rings. The van der Waals surface area contributed by atoms with Crippen LogP contribution in [0.3, 0.4) is 0 Å². The van der Waals surface area contributed by atoms with Gasteiger partial charge < -0.3 is 44.8 Å². The molecule has 348 valence electrons. The number of aromatic amines is 1. The minimum Gasteiger partial charge on any atom is -0.453 e. The molecule has 0 aromatic carbocycles. The molecule has 0 radical (unpaired) electrons. The molecule has 1 amide bonds. The lowest BCUT2D eigenvalue weighted by atomic mass is 9.69. The first kappa shape index (κ1) is 45.2. The van der Waals surface area contributed by atoms with E-state index in [0.717, 1.165) is 80.2 Å². The Kier molecular flexibility index (Phi) is 13.8. The van der Waals surface area contributed by atoms with Gasteiger partial charge in [-0.15, -0.1) is 0 Å². The second-order valence-electron chi connectivity index (χ2n) is 19.7. The number of ether oxygens (including phenoxy) is 4. The Labute approximate surface area is 378 Å². The standard InChI is InChI=1S/C49H70N8O7/c1-27(2)39(53-48(59)62-5)24-56-22-28(3)16-40(56)45-50-21-38(52-45)32-12-14-34-33(18-32)26-64-42-20-35-31(19-36(34)42)13-15-37-44(35)54-46(51-37)41-17-29(25-61-4)23-57(41)47(58)43(55-49(60)63-6)30-10-8-7-9-11-30/h8,10-12,14,18-20,27-29,33-34,36,38-43,47,49,55,58,60H,7,9,13,15-17,21-26H2,1-6H3,(H,50,52)(H,51,54)(H,53,59)/t28-,29-,33?,34?,36?,38?,39+,40-,41-,42?,43+,47?,49?/m0/s1. The minimum absolute atomic E-state index is 0.0122. The van der Waals surface area contributed by atoms with Crippen molar-refractivity contribution in [3.8, 4) is 0 Å². The number of aliphatic hydroxyl groups is 2. The summed E-state index contributed by atoms with van der Waals surface area (Å²) < 4.78 is 22.5. The number of allylic oxidation sites excluding steroid dienone is 5. The van der Waals surface area contributed by atoms with Crippen LogP contribution in [0.2, 0.25) is 0 Å². The first-order chi connectivity index (χ1) is 31.0. The Morgan fingerprint density at radius 3 is 2.67 bits per heavy atom. The summed E-state index contributed by atoms with van der Waals surface area (Å²) in [5, 5.41) is 32.6. The third kappa shape index (κ3) is 9.24. The maximum atomic E-state index is 12.1. The SMILES string of the molecule is COC[C@H]1C[C@@H](c2nc3c([nH]2)C2=CC4OCC5C=C(C6CN=C([C@@H]7C[C@H](C)CN7C[C@@H](NC(=O)OC)C(C)C)N6)C=CC5C4C=C2CC3)N(C(O)[C@H](NC(O)OC)C2=CCCC=C2)C1. The van der Waals surface area contributed by atoms with Gasteiger partial charge >= 0.3 is 6.09 Å². The van der Waals surface area contributed by atoms with Crippen LogP contribution in [0.15, 0.2) is 70.3 Å². The lowest BCUT2D eigenvalue weighted by Gasteiger charge is -2.43. The summed E-state index contributed by atoms with van der Waals surface area (Å²) >= 11 is 0. The van der Waals surface area contributed by atoms with Crippen molar-refractivity contribution < 1.29 is 34.0 Å². The smallest absolute Gasteiger partial charge is 0.407 e. The normalized spacial score (nSPS) is 33.1. The van der Waals surface area contributed by atoms with Crippen LogP contribution in [-0.4, -0.2) is 146 Å². The van der Waals surface area contributed by atoms with Gasteiger partial charge in [-0.25, -0.2) is 9.78 Å². The van der Waals surface area contributed by atoms with Crippen molar-refractivity contribution in [3.05, 3.63) is 82.5 Å². The zero-order valence-corrected chi connectivity index (χ0v) is 38.4. The zero-order chi connectivity index (χ0) is 44.6. The van der Waals surface area contributed by atoms with Gasteiger partial charge in [-0.05, 0) is 85.0 Å². The molecule has 15 heteroatoms. The molecule has 3 fully saturated rings. The number of amides is 1. The Hall–Kier alpha value is -3.93. The van der Waals surface area contributed by atoms with Crippen molar-refractivity contribution in [2.24, 2.45) is 40.5 Å². The number of rotatable bonds is 15. The van der Waals surface area contributed by atoms with E-state index in [1.165, 1.54) is 30.9 Å². The van der Waals surface area contributed by atoms with Crippen molar-refractivity contribution in [2.45, 2.75) is 108 Å². The Bertz CT molecular complexity index is 2090. The highest BCUT2D eigenvalue weighted by molar-refractivity contribution is 5.90. The van der Waals surface area contributed by atoms with Gasteiger partial charge in [0.2, 0.25) is 6.41 Å². The molecule has 7 unspecified atom stereocenters. The van der Waals surface area contributed by atoms with Crippen LogP contribution in [0.5, 0.6) is 0 Å². The fourth-order valence-electron chi connectivity index (χ4n) is 11.7. The Morgan fingerprint density at radius 2 is 1.91 bits per heavy atom. The molecular formula is C49H70N8O7. The number of likely N-dealkylation sites (tertiary alicyclic amines) is 2. The predicted octanol–water partition coefficient (Wildman–Crippen LogP) is 4.37. The molecular weight excluding hydrogens is 813 g/mol. The Balaban J connectivity index is 0.873. The summed E-state index contributed by atoms with van der Waals surface area (Å²) in [4.78, 5) is 30.8. The van der Waals surface area contributed by atoms with E-state index in [2.05, 4.69) is 94.0 Å². The molecule has 64 heavy (non-hydrogen) atoms. The maximum Gasteiger partial charge on any atom is 0.407 e. The number of hydrogen-bond acceptors (Lipinski definition) is 13. The van der Waals surface area contributed by atoms with Gasteiger partial charge in [-0.1, -0.05) is 63.3 Å². The van der Waals surface area contributed by atoms with E-state index in [1.807, 2.05) is 6.08 Å². The van der Waals surface area contributed by atoms with Crippen LogP contribution in [0.4, 0.5) is 4.79 Å². The second-order valence-corrected chi connectivity index (χ2v) is 19.7. The van der Waals surface area contributed by atoms with Crippen LogP contribution in [0, 0.1) is 35.5 Å². The van der Waals surface area contributed by atoms with Crippen LogP contribution in [0.1, 0.15) is 76.1 Å². The number of aryl methyl sites for hydroxylation is 1. The van der Waals surface area contributed by atoms with Crippen LogP contribution >= 0.6 is 0 Å². The highest BCUT2D eigenvalue weighted by atomic mass is 16.6. The summed E-state index contributed by atoms with van der Waals surface area (Å²) in [6.07, 6.45) is 21.1. The van der Waals surface area contributed by atoms with E-state index in [9.17, 15) is 15.0 Å². The van der Waals surface area contributed by atoms with Crippen molar-refractivity contribution in [2.75, 3.05) is 60.7 Å². The van der Waals surface area contributed by atoms with Gasteiger partial charge in [0.15, 0.2) is 0 Å². The monoisotopic (exact) mass is 883 g/mol. The van der Waals surface area contributed by atoms with Gasteiger partial charge in [0.1, 0.15) is 17.9 Å². The lowest BCUT2D eigenvalue weighted by Crippen LogP contribution is -2.54. The van der Waals surface area contributed by atoms with E-state index >= 15 is 0 Å². The number of carbonyl (C=O) groups excluding carboxylic acids is 1. The first-order valence-corrected chi connectivity index (χ1v) is 23.7. The third-order valence-electron chi connectivity index (χ3n) is 15.0. The molecule has 0 saturated carbocycles. The van der Waals surface area contributed by atoms with Gasteiger partial charge in [0.05, 0.1) is 68.5 Å². The molecule has 4 aliphatic heterocycles. The average Bonchev–Trinajstić information content (AvgIpc) is 4.13. The van der Waals surface area contributed by atoms with Crippen LogP contribution < -0.4 is 16.0 Å².